The molecule has 5 rings (SSSR count). The molecule has 0 fully saturated rings. The molecule has 1 aromatic heterocycles. The number of allylic oxidation sites excluding steroid dienone is 1. The lowest BCUT2D eigenvalue weighted by molar-refractivity contribution is -0.139. The number of carbonyl (C=O) groups excluding carboxylic acids is 2. The van der Waals surface area contributed by atoms with Gasteiger partial charge in [0.1, 0.15) is 5.75 Å². The first kappa shape index (κ1) is 30.9. The highest BCUT2D eigenvalue weighted by atomic mass is 35.5. The summed E-state index contributed by atoms with van der Waals surface area (Å²) >= 11 is 6.33. The summed E-state index contributed by atoms with van der Waals surface area (Å²) < 4.78 is 6.85. The van der Waals surface area contributed by atoms with Crippen molar-refractivity contribution in [1.29, 1.82) is 0 Å². The minimum atomic E-state index is -1.82. The lowest BCUT2D eigenvalue weighted by Crippen LogP contribution is -2.44. The highest BCUT2D eigenvalue weighted by Gasteiger charge is 2.52. The van der Waals surface area contributed by atoms with Crippen LogP contribution in [-0.2, 0) is 29.9 Å². The van der Waals surface area contributed by atoms with Crippen molar-refractivity contribution in [1.82, 2.24) is 15.0 Å². The Labute approximate surface area is 260 Å². The van der Waals surface area contributed by atoms with Crippen LogP contribution >= 0.6 is 11.6 Å². The average Bonchev–Trinajstić information content (AvgIpc) is 3.56. The molecule has 0 saturated heterocycles. The number of carbonyl (C=O) groups is 2. The summed E-state index contributed by atoms with van der Waals surface area (Å²) in [6.45, 7) is 2.55. The van der Waals surface area contributed by atoms with Crippen LogP contribution in [0.15, 0.2) is 85.1 Å². The molecule has 10 nitrogen and oxygen atoms in total. The van der Waals surface area contributed by atoms with Crippen molar-refractivity contribution in [2.24, 2.45) is 5.92 Å². The Morgan fingerprint density at radius 3 is 2.70 bits per heavy atom. The van der Waals surface area contributed by atoms with Crippen molar-refractivity contribution in [2.45, 2.75) is 38.5 Å². The first-order valence-corrected chi connectivity index (χ1v) is 14.7. The van der Waals surface area contributed by atoms with Crippen molar-refractivity contribution in [3.63, 3.8) is 0 Å². The van der Waals surface area contributed by atoms with E-state index in [1.165, 1.54) is 0 Å². The minimum Gasteiger partial charge on any atom is -0.497 e. The largest absolute Gasteiger partial charge is 0.497 e. The van der Waals surface area contributed by atoms with Crippen LogP contribution in [0.3, 0.4) is 0 Å². The predicted octanol–water partition coefficient (Wildman–Crippen LogP) is 4.74. The molecule has 1 aliphatic heterocycles. The Bertz CT molecular complexity index is 1670. The van der Waals surface area contributed by atoms with Gasteiger partial charge in [-0.05, 0) is 66.6 Å². The first-order valence-electron chi connectivity index (χ1n) is 14.3. The lowest BCUT2D eigenvalue weighted by Gasteiger charge is -2.27. The van der Waals surface area contributed by atoms with Crippen LogP contribution in [0, 0.1) is 5.92 Å². The number of fused-ring (bicyclic) bond motifs is 1. The molecule has 2 heterocycles. The van der Waals surface area contributed by atoms with E-state index in [1.807, 2.05) is 24.3 Å². The van der Waals surface area contributed by atoms with Crippen LogP contribution in [0.25, 0.3) is 0 Å². The number of nitrogens with zero attached hydrogens (tertiary/aromatic N) is 4. The standard InChI is InChI=1S/C33H34ClN5O5/c1-22(6-3-4-16-38-21-27(15-17-40)36-37-38)33(43)29-19-25(34)11-14-30(29)39(32(33)42)20-23-7-5-8-26(18-23)35-31(41)24-9-12-28(44-2)13-10-24/h3,5-14,18-19,21-22,40,43H,4,15-17,20H2,1-2H3,(H,35,41)/b6-3+/t22-,33+/m1/s1. The Morgan fingerprint density at radius 1 is 1.16 bits per heavy atom. The molecule has 44 heavy (non-hydrogen) atoms. The molecule has 0 unspecified atom stereocenters. The first-order chi connectivity index (χ1) is 21.2. The number of methoxy groups -OCH3 is 1. The van der Waals surface area contributed by atoms with E-state index in [0.29, 0.717) is 52.7 Å². The second-order valence-electron chi connectivity index (χ2n) is 10.7. The molecule has 0 aliphatic carbocycles. The zero-order valence-corrected chi connectivity index (χ0v) is 25.2. The molecule has 11 heteroatoms. The molecule has 0 radical (unpaired) electrons. The molecule has 0 spiro atoms. The van der Waals surface area contributed by atoms with Crippen LogP contribution in [0.4, 0.5) is 11.4 Å². The van der Waals surface area contributed by atoms with Gasteiger partial charge in [0.15, 0.2) is 5.60 Å². The number of benzene rings is 3. The van der Waals surface area contributed by atoms with Gasteiger partial charge in [-0.1, -0.05) is 48.0 Å². The summed E-state index contributed by atoms with van der Waals surface area (Å²) in [5.74, 6) is -0.630. The maximum atomic E-state index is 13.9. The van der Waals surface area contributed by atoms with Gasteiger partial charge < -0.3 is 25.2 Å². The molecule has 0 saturated carbocycles. The van der Waals surface area contributed by atoms with Crippen molar-refractivity contribution in [3.05, 3.63) is 112 Å². The highest BCUT2D eigenvalue weighted by Crippen LogP contribution is 2.46. The topological polar surface area (TPSA) is 130 Å². The van der Waals surface area contributed by atoms with E-state index in [9.17, 15) is 14.7 Å². The summed E-state index contributed by atoms with van der Waals surface area (Å²) in [6, 6.07) is 19.1. The fourth-order valence-corrected chi connectivity index (χ4v) is 5.45. The Balaban J connectivity index is 1.30. The fourth-order valence-electron chi connectivity index (χ4n) is 5.28. The van der Waals surface area contributed by atoms with Crippen LogP contribution in [0.5, 0.6) is 5.75 Å². The smallest absolute Gasteiger partial charge is 0.264 e. The SMILES string of the molecule is COc1ccc(C(=O)Nc2cccc(CN3C(=O)[C@](O)([C@H](C)/C=C/CCn4cc(CCO)nn4)c4cc(Cl)ccc43)c2)cc1. The number of aromatic nitrogens is 3. The number of halogens is 1. The van der Waals surface area contributed by atoms with Crippen LogP contribution in [0.1, 0.15) is 40.5 Å². The van der Waals surface area contributed by atoms with Crippen molar-refractivity contribution in [2.75, 3.05) is 23.9 Å². The van der Waals surface area contributed by atoms with Gasteiger partial charge >= 0.3 is 0 Å². The molecular weight excluding hydrogens is 582 g/mol. The number of aliphatic hydroxyl groups excluding tert-OH is 1. The molecule has 228 valence electrons. The van der Waals surface area contributed by atoms with E-state index in [2.05, 4.69) is 15.6 Å². The van der Waals surface area contributed by atoms with E-state index >= 15 is 0 Å². The van der Waals surface area contributed by atoms with Gasteiger partial charge in [-0.25, -0.2) is 0 Å². The Hall–Kier alpha value is -4.51. The van der Waals surface area contributed by atoms with Gasteiger partial charge in [0.2, 0.25) is 0 Å². The third-order valence-electron chi connectivity index (χ3n) is 7.67. The predicted molar refractivity (Wildman–Crippen MR) is 168 cm³/mol. The maximum absolute atomic E-state index is 13.9. The Kier molecular flexibility index (Phi) is 9.43. The van der Waals surface area contributed by atoms with Gasteiger partial charge in [-0.3, -0.25) is 14.3 Å². The Morgan fingerprint density at radius 2 is 1.95 bits per heavy atom. The van der Waals surface area contributed by atoms with E-state index in [0.717, 1.165) is 11.3 Å². The zero-order valence-electron chi connectivity index (χ0n) is 24.5. The van der Waals surface area contributed by atoms with Gasteiger partial charge in [-0.15, -0.1) is 5.10 Å². The highest BCUT2D eigenvalue weighted by molar-refractivity contribution is 6.31. The quantitative estimate of drug-likeness (QED) is 0.196. The number of aliphatic hydroxyl groups is 2. The number of rotatable bonds is 12. The molecule has 2 atom stereocenters. The molecule has 3 aromatic carbocycles. The summed E-state index contributed by atoms with van der Waals surface area (Å²) in [5.41, 5.74) is 1.75. The molecule has 0 bridgehead atoms. The van der Waals surface area contributed by atoms with Crippen LogP contribution < -0.4 is 15.0 Å². The van der Waals surface area contributed by atoms with Crippen molar-refractivity contribution < 1.29 is 24.5 Å². The summed E-state index contributed by atoms with van der Waals surface area (Å²) in [6.07, 6.45) is 6.58. The van der Waals surface area contributed by atoms with Gasteiger partial charge in [0.25, 0.3) is 11.8 Å². The molecule has 3 N–H and O–H groups in total. The van der Waals surface area contributed by atoms with Gasteiger partial charge in [0, 0.05) is 53.5 Å². The number of hydrogen-bond acceptors (Lipinski definition) is 7. The summed E-state index contributed by atoms with van der Waals surface area (Å²) in [5, 5.41) is 32.4. The average molecular weight is 616 g/mol. The van der Waals surface area contributed by atoms with Crippen LogP contribution in [0.2, 0.25) is 5.02 Å². The van der Waals surface area contributed by atoms with Gasteiger partial charge in [0.05, 0.1) is 25.0 Å². The second-order valence-corrected chi connectivity index (χ2v) is 11.1. The molecule has 4 aromatic rings. The summed E-state index contributed by atoms with van der Waals surface area (Å²) in [4.78, 5) is 28.3. The van der Waals surface area contributed by atoms with Crippen molar-refractivity contribution >= 4 is 34.8 Å². The number of hydrogen-bond donors (Lipinski definition) is 3. The maximum Gasteiger partial charge on any atom is 0.264 e. The normalized spacial score (nSPS) is 16.8. The third-order valence-corrected chi connectivity index (χ3v) is 7.91. The number of ether oxygens (including phenoxy) is 1. The van der Waals surface area contributed by atoms with E-state index < -0.39 is 17.4 Å². The fraction of sp³-hybridized carbons (Fsp3) is 0.273. The molecule has 2 amide bonds. The zero-order chi connectivity index (χ0) is 31.3. The van der Waals surface area contributed by atoms with Crippen LogP contribution in [-0.4, -0.2) is 50.7 Å². The van der Waals surface area contributed by atoms with Crippen molar-refractivity contribution in [3.8, 4) is 5.75 Å². The van der Waals surface area contributed by atoms with E-state index in [4.69, 9.17) is 21.4 Å². The monoisotopic (exact) mass is 615 g/mol. The van der Waals surface area contributed by atoms with Gasteiger partial charge in [-0.2, -0.15) is 0 Å². The van der Waals surface area contributed by atoms with E-state index in [-0.39, 0.29) is 19.1 Å². The lowest BCUT2D eigenvalue weighted by atomic mass is 9.83. The summed E-state index contributed by atoms with van der Waals surface area (Å²) in [7, 11) is 1.57. The number of nitrogens with one attached hydrogen (secondary N) is 1. The number of aryl methyl sites for hydroxylation is 1. The molecule has 1 aliphatic rings. The second kappa shape index (κ2) is 13.4. The van der Waals surface area contributed by atoms with E-state index in [1.54, 1.807) is 84.4 Å². The third kappa shape index (κ3) is 6.52. The number of amides is 2. The molecular formula is C33H34ClN5O5. The number of anilines is 2. The minimum absolute atomic E-state index is 0.0117.